The molecule has 2 N–H and O–H groups in total. The number of hydrogen-bond donors (Lipinski definition) is 2. The van der Waals surface area contributed by atoms with Crippen LogP contribution >= 0.6 is 11.3 Å². The Morgan fingerprint density at radius 2 is 1.71 bits per heavy atom. The summed E-state index contributed by atoms with van der Waals surface area (Å²) in [5.41, 5.74) is 3.02. The molecule has 1 aromatic heterocycles. The number of carbonyl (C=O) groups excluding carboxylic acids is 2. The van der Waals surface area contributed by atoms with Crippen molar-refractivity contribution in [2.45, 2.75) is 38.1 Å². The molecule has 4 rings (SSSR count). The van der Waals surface area contributed by atoms with Gasteiger partial charge in [0.05, 0.1) is 12.1 Å². The topological polar surface area (TPSA) is 74.3 Å². The number of nitrogens with zero attached hydrogens (tertiary/aromatic N) is 2. The second kappa shape index (κ2) is 12.4. The average molecular weight is 477 g/mol. The van der Waals surface area contributed by atoms with Crippen molar-refractivity contribution in [2.24, 2.45) is 0 Å². The van der Waals surface area contributed by atoms with Crippen molar-refractivity contribution in [1.82, 2.24) is 20.5 Å². The van der Waals surface area contributed by atoms with Crippen molar-refractivity contribution in [3.8, 4) is 10.6 Å². The molecule has 2 aromatic carbocycles. The van der Waals surface area contributed by atoms with Crippen molar-refractivity contribution in [1.29, 1.82) is 0 Å². The van der Waals surface area contributed by atoms with E-state index in [0.717, 1.165) is 54.2 Å². The molecule has 1 aliphatic heterocycles. The largest absolute Gasteiger partial charge is 0.356 e. The van der Waals surface area contributed by atoms with Crippen molar-refractivity contribution < 1.29 is 9.59 Å². The standard InChI is InChI=1S/C27H32N4O2S/c32-25-19-24(21-10-3-1-4-11-21)28-14-7-8-16-31(17-9-15-29-25)26(33)18-23-20-34-27(30-23)22-12-5-2-6-13-22/h1-6,10-13,20,24,28H,7-9,14-19H2,(H,29,32). The first kappa shape index (κ1) is 24.1. The van der Waals surface area contributed by atoms with Gasteiger partial charge in [0.15, 0.2) is 0 Å². The first-order valence-corrected chi connectivity index (χ1v) is 12.9. The lowest BCUT2D eigenvalue weighted by Crippen LogP contribution is -2.36. The zero-order valence-electron chi connectivity index (χ0n) is 19.4. The van der Waals surface area contributed by atoms with Gasteiger partial charge >= 0.3 is 0 Å². The minimum Gasteiger partial charge on any atom is -0.356 e. The van der Waals surface area contributed by atoms with Crippen LogP contribution in [0.1, 0.15) is 43.0 Å². The molecule has 1 saturated heterocycles. The Hall–Kier alpha value is -3.03. The second-order valence-electron chi connectivity index (χ2n) is 8.60. The fourth-order valence-corrected chi connectivity index (χ4v) is 5.01. The Balaban J connectivity index is 1.34. The highest BCUT2D eigenvalue weighted by atomic mass is 32.1. The molecule has 178 valence electrons. The maximum atomic E-state index is 13.1. The molecule has 1 fully saturated rings. The van der Waals surface area contributed by atoms with Gasteiger partial charge in [-0.3, -0.25) is 9.59 Å². The van der Waals surface area contributed by atoms with Gasteiger partial charge in [-0.2, -0.15) is 0 Å². The van der Waals surface area contributed by atoms with E-state index in [2.05, 4.69) is 27.8 Å². The summed E-state index contributed by atoms with van der Waals surface area (Å²) >= 11 is 1.57. The van der Waals surface area contributed by atoms with E-state index >= 15 is 0 Å². The summed E-state index contributed by atoms with van der Waals surface area (Å²) < 4.78 is 0. The smallest absolute Gasteiger partial charge is 0.228 e. The molecule has 6 nitrogen and oxygen atoms in total. The number of rotatable bonds is 4. The molecule has 1 atom stereocenters. The van der Waals surface area contributed by atoms with E-state index in [9.17, 15) is 9.59 Å². The molecule has 0 spiro atoms. The van der Waals surface area contributed by atoms with Crippen molar-refractivity contribution in [2.75, 3.05) is 26.2 Å². The fourth-order valence-electron chi connectivity index (χ4n) is 4.18. The fraction of sp³-hybridized carbons (Fsp3) is 0.370. The van der Waals surface area contributed by atoms with E-state index < -0.39 is 0 Å². The Morgan fingerprint density at radius 3 is 2.50 bits per heavy atom. The number of hydrogen-bond acceptors (Lipinski definition) is 5. The number of thiazole rings is 1. The van der Waals surface area contributed by atoms with E-state index in [1.54, 1.807) is 11.3 Å². The first-order valence-electron chi connectivity index (χ1n) is 12.0. The molecule has 7 heteroatoms. The molecule has 0 saturated carbocycles. The Kier molecular flexibility index (Phi) is 8.82. The summed E-state index contributed by atoms with van der Waals surface area (Å²) in [6.45, 7) is 2.74. The lowest BCUT2D eigenvalue weighted by Gasteiger charge is -2.22. The third-order valence-corrected chi connectivity index (χ3v) is 6.96. The minimum absolute atomic E-state index is 0.00293. The van der Waals surface area contributed by atoms with Gasteiger partial charge in [0, 0.05) is 43.0 Å². The van der Waals surface area contributed by atoms with E-state index in [4.69, 9.17) is 0 Å². The van der Waals surface area contributed by atoms with Crippen LogP contribution in [-0.4, -0.2) is 47.9 Å². The predicted molar refractivity (Wildman–Crippen MR) is 136 cm³/mol. The maximum absolute atomic E-state index is 13.1. The van der Waals surface area contributed by atoms with E-state index in [0.29, 0.717) is 25.9 Å². The number of benzene rings is 2. The van der Waals surface area contributed by atoms with Crippen molar-refractivity contribution >= 4 is 23.2 Å². The molecule has 2 heterocycles. The summed E-state index contributed by atoms with van der Waals surface area (Å²) in [6.07, 6.45) is 3.34. The van der Waals surface area contributed by atoms with Crippen molar-refractivity contribution in [3.63, 3.8) is 0 Å². The van der Waals surface area contributed by atoms with Gasteiger partial charge < -0.3 is 15.5 Å². The monoisotopic (exact) mass is 476 g/mol. The number of nitrogens with one attached hydrogen (secondary N) is 2. The van der Waals surface area contributed by atoms with Gasteiger partial charge in [-0.05, 0) is 31.4 Å². The van der Waals surface area contributed by atoms with Gasteiger partial charge in [-0.15, -0.1) is 11.3 Å². The van der Waals surface area contributed by atoms with Crippen molar-refractivity contribution in [3.05, 3.63) is 77.3 Å². The molecular weight excluding hydrogens is 444 g/mol. The maximum Gasteiger partial charge on any atom is 0.228 e. The second-order valence-corrected chi connectivity index (χ2v) is 9.46. The number of carbonyl (C=O) groups is 2. The predicted octanol–water partition coefficient (Wildman–Crippen LogP) is 4.20. The molecule has 34 heavy (non-hydrogen) atoms. The van der Waals surface area contributed by atoms with Gasteiger partial charge in [0.2, 0.25) is 11.8 Å². The highest BCUT2D eigenvalue weighted by molar-refractivity contribution is 7.13. The van der Waals surface area contributed by atoms with Crippen LogP contribution in [0.3, 0.4) is 0 Å². The van der Waals surface area contributed by atoms with Crippen LogP contribution in [0.2, 0.25) is 0 Å². The van der Waals surface area contributed by atoms with Crippen LogP contribution in [0, 0.1) is 0 Å². The molecule has 0 radical (unpaired) electrons. The summed E-state index contributed by atoms with van der Waals surface area (Å²) in [5.74, 6) is 0.135. The third-order valence-electron chi connectivity index (χ3n) is 6.02. The highest BCUT2D eigenvalue weighted by Gasteiger charge is 2.18. The molecule has 1 aliphatic rings. The van der Waals surface area contributed by atoms with E-state index in [-0.39, 0.29) is 17.9 Å². The zero-order valence-corrected chi connectivity index (χ0v) is 20.2. The SMILES string of the molecule is O=C1CC(c2ccccc2)NCCCCN(C(=O)Cc2csc(-c3ccccc3)n2)CCCN1. The highest BCUT2D eigenvalue weighted by Crippen LogP contribution is 2.24. The third kappa shape index (κ3) is 6.98. The van der Waals surface area contributed by atoms with Crippen LogP contribution in [0.15, 0.2) is 66.0 Å². The molecular formula is C27H32N4O2S. The number of amides is 2. The summed E-state index contributed by atoms with van der Waals surface area (Å²) in [7, 11) is 0. The van der Waals surface area contributed by atoms with Gasteiger partial charge in [-0.25, -0.2) is 4.98 Å². The van der Waals surface area contributed by atoms with Crippen LogP contribution in [0.4, 0.5) is 0 Å². The van der Waals surface area contributed by atoms with E-state index in [1.807, 2.05) is 58.8 Å². The zero-order chi connectivity index (χ0) is 23.6. The molecule has 2 amide bonds. The number of aromatic nitrogens is 1. The molecule has 0 aliphatic carbocycles. The lowest BCUT2D eigenvalue weighted by atomic mass is 10.0. The first-order chi connectivity index (χ1) is 16.7. The average Bonchev–Trinajstić information content (AvgIpc) is 3.33. The van der Waals surface area contributed by atoms with Gasteiger partial charge in [0.1, 0.15) is 5.01 Å². The lowest BCUT2D eigenvalue weighted by molar-refractivity contribution is -0.130. The van der Waals surface area contributed by atoms with Crippen LogP contribution in [0.25, 0.3) is 10.6 Å². The van der Waals surface area contributed by atoms with E-state index in [1.165, 1.54) is 0 Å². The summed E-state index contributed by atoms with van der Waals surface area (Å²) in [4.78, 5) is 32.2. The van der Waals surface area contributed by atoms with Gasteiger partial charge in [-0.1, -0.05) is 60.7 Å². The molecule has 3 aromatic rings. The minimum atomic E-state index is 0.00293. The van der Waals surface area contributed by atoms with Crippen LogP contribution < -0.4 is 10.6 Å². The molecule has 1 unspecified atom stereocenters. The van der Waals surface area contributed by atoms with Gasteiger partial charge in [0.25, 0.3) is 0 Å². The quantitative estimate of drug-likeness (QED) is 0.592. The summed E-state index contributed by atoms with van der Waals surface area (Å²) in [5, 5.41) is 9.48. The Morgan fingerprint density at radius 1 is 0.971 bits per heavy atom. The summed E-state index contributed by atoms with van der Waals surface area (Å²) in [6, 6.07) is 20.2. The Bertz CT molecular complexity index is 1050. The van der Waals surface area contributed by atoms with Crippen LogP contribution in [-0.2, 0) is 16.0 Å². The van der Waals surface area contributed by atoms with Crippen LogP contribution in [0.5, 0.6) is 0 Å². The Labute approximate surface area is 205 Å². The molecule has 0 bridgehead atoms. The normalized spacial score (nSPS) is 18.3.